The van der Waals surface area contributed by atoms with Crippen LogP contribution in [0.3, 0.4) is 0 Å². The molecule has 0 aromatic carbocycles. The lowest BCUT2D eigenvalue weighted by Crippen LogP contribution is -2.59. The van der Waals surface area contributed by atoms with Gasteiger partial charge in [0, 0.05) is 67.2 Å². The molecule has 2 fully saturated rings. The molecule has 2 aliphatic rings. The van der Waals surface area contributed by atoms with Crippen LogP contribution >= 0.6 is 22.9 Å². The van der Waals surface area contributed by atoms with Crippen LogP contribution in [0.4, 0.5) is 0 Å². The highest BCUT2D eigenvalue weighted by molar-refractivity contribution is 14.1. The van der Waals surface area contributed by atoms with Crippen LogP contribution in [0.2, 0.25) is 0 Å². The second-order valence-corrected chi connectivity index (χ2v) is 6.84. The van der Waals surface area contributed by atoms with Crippen LogP contribution in [-0.2, 0) is 0 Å². The fraction of sp³-hybridized carbons (Fsp3) is 1.00. The molecular formula is C12H24IN3. The van der Waals surface area contributed by atoms with Gasteiger partial charge < -0.3 is 4.90 Å². The summed E-state index contributed by atoms with van der Waals surface area (Å²) in [6, 6.07) is 2.28. The van der Waals surface area contributed by atoms with Gasteiger partial charge in [-0.05, 0) is 33.7 Å². The molecule has 0 radical (unpaired) electrons. The van der Waals surface area contributed by atoms with Gasteiger partial charge in [0.15, 0.2) is 0 Å². The maximum atomic E-state index is 2.76. The monoisotopic (exact) mass is 337 g/mol. The lowest BCUT2D eigenvalue weighted by Gasteiger charge is -2.47. The number of likely N-dealkylation sites (N-methyl/N-ethyl adjacent to an activating group) is 1. The molecule has 2 heterocycles. The minimum Gasteiger partial charge on any atom is -0.301 e. The summed E-state index contributed by atoms with van der Waals surface area (Å²) >= 11 is 2.46. The molecule has 0 saturated carbocycles. The van der Waals surface area contributed by atoms with Crippen molar-refractivity contribution < 1.29 is 0 Å². The topological polar surface area (TPSA) is 9.72 Å². The third kappa shape index (κ3) is 2.89. The Morgan fingerprint density at radius 3 is 2.25 bits per heavy atom. The average molecular weight is 337 g/mol. The van der Waals surface area contributed by atoms with Crippen molar-refractivity contribution >= 4 is 22.9 Å². The third-order valence-electron chi connectivity index (χ3n) is 4.22. The van der Waals surface area contributed by atoms with Gasteiger partial charge in [0.05, 0.1) is 0 Å². The first kappa shape index (κ1) is 13.1. The molecule has 2 rings (SSSR count). The first-order valence-corrected chi connectivity index (χ1v) is 7.41. The van der Waals surface area contributed by atoms with Crippen LogP contribution in [0.5, 0.6) is 0 Å². The molecule has 2 saturated heterocycles. The van der Waals surface area contributed by atoms with Gasteiger partial charge in [-0.15, -0.1) is 0 Å². The molecule has 2 aliphatic heterocycles. The van der Waals surface area contributed by atoms with E-state index in [-0.39, 0.29) is 0 Å². The van der Waals surface area contributed by atoms with E-state index in [0.29, 0.717) is 6.04 Å². The largest absolute Gasteiger partial charge is 0.301 e. The van der Waals surface area contributed by atoms with Crippen LogP contribution in [-0.4, -0.2) is 64.3 Å². The Morgan fingerprint density at radius 2 is 1.62 bits per heavy atom. The molecule has 2 atom stereocenters. The Balaban J connectivity index is 1.93. The number of nitrogens with zero attached hydrogens (tertiary/aromatic N) is 3. The zero-order chi connectivity index (χ0) is 11.7. The molecule has 0 amide bonds. The Bertz CT molecular complexity index is 228. The normalized spacial score (nSPS) is 36.8. The number of piperidine rings is 1. The van der Waals surface area contributed by atoms with Crippen molar-refractivity contribution in [3.63, 3.8) is 0 Å². The predicted octanol–water partition coefficient (Wildman–Crippen LogP) is 1.83. The van der Waals surface area contributed by atoms with E-state index in [1.807, 2.05) is 0 Å². The standard InChI is InChI=1S/C12H24IN3/c1-10-9-16(11(2)8-14(10)3)12-4-6-15(13)7-5-12/h10-12H,4-9H2,1-3H3/t10-,11-/m0/s1. The molecule has 0 aromatic heterocycles. The second-order valence-electron chi connectivity index (χ2n) is 5.48. The van der Waals surface area contributed by atoms with Crippen molar-refractivity contribution in [2.75, 3.05) is 33.2 Å². The molecule has 0 bridgehead atoms. The van der Waals surface area contributed by atoms with Gasteiger partial charge in [0.1, 0.15) is 0 Å². The first-order chi connectivity index (χ1) is 7.58. The van der Waals surface area contributed by atoms with E-state index in [9.17, 15) is 0 Å². The fourth-order valence-corrected chi connectivity index (χ4v) is 3.56. The van der Waals surface area contributed by atoms with E-state index in [2.05, 4.69) is 56.7 Å². The maximum Gasteiger partial charge on any atom is 0.0201 e. The second kappa shape index (κ2) is 5.50. The van der Waals surface area contributed by atoms with Crippen molar-refractivity contribution in [2.45, 2.75) is 44.8 Å². The lowest BCUT2D eigenvalue weighted by atomic mass is 9.99. The lowest BCUT2D eigenvalue weighted by molar-refractivity contribution is 0.0147. The third-order valence-corrected chi connectivity index (χ3v) is 5.19. The summed E-state index contributed by atoms with van der Waals surface area (Å²) in [7, 11) is 2.26. The Morgan fingerprint density at radius 1 is 1.00 bits per heavy atom. The zero-order valence-electron chi connectivity index (χ0n) is 10.7. The van der Waals surface area contributed by atoms with Crippen LogP contribution < -0.4 is 0 Å². The molecule has 3 nitrogen and oxygen atoms in total. The zero-order valence-corrected chi connectivity index (χ0v) is 12.9. The summed E-state index contributed by atoms with van der Waals surface area (Å²) in [5.41, 5.74) is 0. The van der Waals surface area contributed by atoms with Crippen molar-refractivity contribution in [2.24, 2.45) is 0 Å². The summed E-state index contributed by atoms with van der Waals surface area (Å²) in [6.45, 7) is 9.75. The minimum atomic E-state index is 0.717. The van der Waals surface area contributed by atoms with Crippen LogP contribution in [0.15, 0.2) is 0 Å². The van der Waals surface area contributed by atoms with Gasteiger partial charge in [-0.2, -0.15) is 0 Å². The summed E-state index contributed by atoms with van der Waals surface area (Å²) < 4.78 is 2.43. The van der Waals surface area contributed by atoms with E-state index in [1.165, 1.54) is 39.0 Å². The Labute approximate surface area is 114 Å². The first-order valence-electron chi connectivity index (χ1n) is 6.44. The predicted molar refractivity (Wildman–Crippen MR) is 76.9 cm³/mol. The number of halogens is 1. The Hall–Kier alpha value is 0.610. The number of hydrogen-bond acceptors (Lipinski definition) is 3. The van der Waals surface area contributed by atoms with Crippen LogP contribution in [0.25, 0.3) is 0 Å². The van der Waals surface area contributed by atoms with Crippen LogP contribution in [0.1, 0.15) is 26.7 Å². The van der Waals surface area contributed by atoms with E-state index >= 15 is 0 Å². The molecule has 0 spiro atoms. The number of hydrogen-bond donors (Lipinski definition) is 0. The van der Waals surface area contributed by atoms with Gasteiger partial charge in [0.2, 0.25) is 0 Å². The summed E-state index contributed by atoms with van der Waals surface area (Å²) in [5.74, 6) is 0. The van der Waals surface area contributed by atoms with E-state index in [4.69, 9.17) is 0 Å². The van der Waals surface area contributed by atoms with Crippen molar-refractivity contribution in [1.82, 2.24) is 12.9 Å². The average Bonchev–Trinajstić information content (AvgIpc) is 2.25. The number of piperazine rings is 1. The van der Waals surface area contributed by atoms with Gasteiger partial charge in [-0.1, -0.05) is 0 Å². The molecule has 94 valence electrons. The molecule has 4 heteroatoms. The van der Waals surface area contributed by atoms with E-state index in [1.54, 1.807) is 0 Å². The molecule has 0 N–H and O–H groups in total. The molecule has 0 aliphatic carbocycles. The summed E-state index contributed by atoms with van der Waals surface area (Å²) in [6.07, 6.45) is 2.70. The SMILES string of the molecule is C[C@H]1CN(C2CCN(I)CC2)[C@@H](C)CN1C. The summed E-state index contributed by atoms with van der Waals surface area (Å²) in [5, 5.41) is 0. The van der Waals surface area contributed by atoms with E-state index in [0.717, 1.165) is 12.1 Å². The van der Waals surface area contributed by atoms with Gasteiger partial charge in [-0.3, -0.25) is 4.90 Å². The highest BCUT2D eigenvalue weighted by Crippen LogP contribution is 2.24. The highest BCUT2D eigenvalue weighted by atomic mass is 127. The molecular weight excluding hydrogens is 313 g/mol. The van der Waals surface area contributed by atoms with Crippen molar-refractivity contribution in [1.29, 1.82) is 0 Å². The smallest absolute Gasteiger partial charge is 0.0201 e. The molecule has 0 aromatic rings. The highest BCUT2D eigenvalue weighted by Gasteiger charge is 2.32. The number of rotatable bonds is 1. The van der Waals surface area contributed by atoms with E-state index < -0.39 is 0 Å². The van der Waals surface area contributed by atoms with Gasteiger partial charge in [-0.25, -0.2) is 3.11 Å². The van der Waals surface area contributed by atoms with Gasteiger partial charge in [0.25, 0.3) is 0 Å². The van der Waals surface area contributed by atoms with Crippen molar-refractivity contribution in [3.05, 3.63) is 0 Å². The molecule has 0 unspecified atom stereocenters. The minimum absolute atomic E-state index is 0.717. The molecule has 16 heavy (non-hydrogen) atoms. The van der Waals surface area contributed by atoms with Crippen molar-refractivity contribution in [3.8, 4) is 0 Å². The van der Waals surface area contributed by atoms with Crippen LogP contribution in [0, 0.1) is 0 Å². The fourth-order valence-electron chi connectivity index (χ4n) is 3.00. The maximum absolute atomic E-state index is 2.76. The summed E-state index contributed by atoms with van der Waals surface area (Å²) in [4.78, 5) is 5.25. The Kier molecular flexibility index (Phi) is 4.49. The van der Waals surface area contributed by atoms with Gasteiger partial charge >= 0.3 is 0 Å². The quantitative estimate of drug-likeness (QED) is 0.534.